The van der Waals surface area contributed by atoms with E-state index in [0.29, 0.717) is 12.6 Å². The summed E-state index contributed by atoms with van der Waals surface area (Å²) in [6, 6.07) is 5.41. The Hall–Kier alpha value is -1.13. The minimum absolute atomic E-state index is 0.169. The lowest BCUT2D eigenvalue weighted by atomic mass is 10.1. The topological polar surface area (TPSA) is 24.5 Å². The number of nitrogens with zero attached hydrogens (tertiary/aromatic N) is 1. The van der Waals surface area contributed by atoms with Crippen molar-refractivity contribution in [3.05, 3.63) is 29.6 Å². The van der Waals surface area contributed by atoms with Crippen LogP contribution < -0.4 is 10.2 Å². The van der Waals surface area contributed by atoms with Crippen LogP contribution in [0.1, 0.15) is 25.8 Å². The molecule has 4 heteroatoms. The van der Waals surface area contributed by atoms with E-state index in [-0.39, 0.29) is 5.82 Å². The van der Waals surface area contributed by atoms with Crippen molar-refractivity contribution >= 4 is 5.69 Å². The first-order valence-corrected chi connectivity index (χ1v) is 7.06. The van der Waals surface area contributed by atoms with Gasteiger partial charge in [0.2, 0.25) is 0 Å². The first-order valence-electron chi connectivity index (χ1n) is 7.06. The van der Waals surface area contributed by atoms with Gasteiger partial charge in [-0.1, -0.05) is 6.92 Å². The number of halogens is 1. The van der Waals surface area contributed by atoms with Gasteiger partial charge in [0.15, 0.2) is 0 Å². The second-order valence-corrected chi connectivity index (χ2v) is 5.07. The highest BCUT2D eigenvalue weighted by Crippen LogP contribution is 2.25. The van der Waals surface area contributed by atoms with Crippen molar-refractivity contribution < 1.29 is 9.13 Å². The largest absolute Gasteiger partial charge is 0.377 e. The number of ether oxygens (including phenoxy) is 1. The molecule has 1 N–H and O–H groups in total. The van der Waals surface area contributed by atoms with Crippen LogP contribution in [0.25, 0.3) is 0 Å². The van der Waals surface area contributed by atoms with Gasteiger partial charge in [0.25, 0.3) is 0 Å². The number of benzene rings is 1. The zero-order chi connectivity index (χ0) is 13.7. The van der Waals surface area contributed by atoms with Crippen LogP contribution in [0.3, 0.4) is 0 Å². The Morgan fingerprint density at radius 2 is 2.32 bits per heavy atom. The maximum Gasteiger partial charge on any atom is 0.123 e. The molecule has 0 radical (unpaired) electrons. The first-order chi connectivity index (χ1) is 9.22. The summed E-state index contributed by atoms with van der Waals surface area (Å²) in [5, 5.41) is 3.35. The van der Waals surface area contributed by atoms with Gasteiger partial charge in [0, 0.05) is 24.8 Å². The third kappa shape index (κ3) is 3.67. The normalized spacial score (nSPS) is 19.7. The number of nitrogens with one attached hydrogen (secondary N) is 1. The smallest absolute Gasteiger partial charge is 0.123 e. The average Bonchev–Trinajstić information content (AvgIpc) is 2.40. The van der Waals surface area contributed by atoms with Crippen molar-refractivity contribution in [2.45, 2.75) is 32.9 Å². The molecule has 1 fully saturated rings. The Balaban J connectivity index is 2.17. The summed E-state index contributed by atoms with van der Waals surface area (Å²) in [4.78, 5) is 2.31. The Kier molecular flexibility index (Phi) is 5.16. The predicted molar refractivity (Wildman–Crippen MR) is 76.0 cm³/mol. The van der Waals surface area contributed by atoms with Gasteiger partial charge in [-0.15, -0.1) is 0 Å². The molecule has 0 amide bonds. The number of rotatable bonds is 5. The second-order valence-electron chi connectivity index (χ2n) is 5.07. The molecule has 0 aromatic heterocycles. The van der Waals surface area contributed by atoms with E-state index in [9.17, 15) is 4.39 Å². The van der Waals surface area contributed by atoms with Crippen molar-refractivity contribution in [3.8, 4) is 0 Å². The molecule has 1 atom stereocenters. The van der Waals surface area contributed by atoms with Crippen LogP contribution >= 0.6 is 0 Å². The molecule has 1 saturated heterocycles. The number of hydrogen-bond acceptors (Lipinski definition) is 3. The maximum atomic E-state index is 13.4. The Labute approximate surface area is 114 Å². The van der Waals surface area contributed by atoms with E-state index >= 15 is 0 Å². The lowest BCUT2D eigenvalue weighted by Crippen LogP contribution is -2.44. The highest BCUT2D eigenvalue weighted by molar-refractivity contribution is 5.55. The van der Waals surface area contributed by atoms with Crippen molar-refractivity contribution in [2.24, 2.45) is 0 Å². The molecule has 1 aromatic carbocycles. The molecule has 1 aliphatic rings. The minimum atomic E-state index is -0.169. The van der Waals surface area contributed by atoms with E-state index < -0.39 is 0 Å². The van der Waals surface area contributed by atoms with E-state index in [1.165, 1.54) is 0 Å². The molecule has 0 spiro atoms. The zero-order valence-electron chi connectivity index (χ0n) is 11.8. The second kappa shape index (κ2) is 6.87. The van der Waals surface area contributed by atoms with Gasteiger partial charge in [-0.3, -0.25) is 0 Å². The third-order valence-electron chi connectivity index (χ3n) is 3.46. The maximum absolute atomic E-state index is 13.4. The van der Waals surface area contributed by atoms with Crippen LogP contribution in [0.4, 0.5) is 10.1 Å². The van der Waals surface area contributed by atoms with Gasteiger partial charge in [0.05, 0.1) is 13.2 Å². The molecule has 1 aliphatic heterocycles. The summed E-state index contributed by atoms with van der Waals surface area (Å²) in [6.45, 7) is 8.28. The van der Waals surface area contributed by atoms with Gasteiger partial charge < -0.3 is 15.0 Å². The van der Waals surface area contributed by atoms with Gasteiger partial charge in [-0.05, 0) is 43.7 Å². The molecule has 0 saturated carbocycles. The van der Waals surface area contributed by atoms with Gasteiger partial charge in [0.1, 0.15) is 5.82 Å². The predicted octanol–water partition coefficient (Wildman–Crippen LogP) is 2.55. The summed E-state index contributed by atoms with van der Waals surface area (Å²) in [5.41, 5.74) is 2.16. The minimum Gasteiger partial charge on any atom is -0.377 e. The summed E-state index contributed by atoms with van der Waals surface area (Å²) in [5.74, 6) is -0.169. The lowest BCUT2D eigenvalue weighted by molar-refractivity contribution is 0.0988. The van der Waals surface area contributed by atoms with E-state index in [2.05, 4.69) is 24.1 Å². The van der Waals surface area contributed by atoms with Gasteiger partial charge in [-0.25, -0.2) is 4.39 Å². The summed E-state index contributed by atoms with van der Waals surface area (Å²) < 4.78 is 18.9. The Morgan fingerprint density at radius 1 is 1.47 bits per heavy atom. The average molecular weight is 266 g/mol. The Bertz CT molecular complexity index is 411. The fourth-order valence-corrected chi connectivity index (χ4v) is 2.46. The fourth-order valence-electron chi connectivity index (χ4n) is 2.46. The molecule has 1 aromatic rings. The summed E-state index contributed by atoms with van der Waals surface area (Å²) in [6.07, 6.45) is 1.08. The molecule has 1 heterocycles. The lowest BCUT2D eigenvalue weighted by Gasteiger charge is -2.36. The van der Waals surface area contributed by atoms with Crippen LogP contribution in [0.2, 0.25) is 0 Å². The van der Waals surface area contributed by atoms with Crippen molar-refractivity contribution in [2.75, 3.05) is 31.2 Å². The third-order valence-corrected chi connectivity index (χ3v) is 3.46. The van der Waals surface area contributed by atoms with Crippen molar-refractivity contribution in [1.29, 1.82) is 0 Å². The number of morpholine rings is 1. The van der Waals surface area contributed by atoms with Crippen molar-refractivity contribution in [3.63, 3.8) is 0 Å². The molecular formula is C15H23FN2O. The number of anilines is 1. The van der Waals surface area contributed by atoms with E-state index in [1.807, 2.05) is 6.07 Å². The fraction of sp³-hybridized carbons (Fsp3) is 0.600. The molecule has 0 bridgehead atoms. The molecule has 2 rings (SSSR count). The van der Waals surface area contributed by atoms with Crippen LogP contribution in [0.15, 0.2) is 18.2 Å². The molecule has 3 nitrogen and oxygen atoms in total. The molecule has 1 unspecified atom stereocenters. The highest BCUT2D eigenvalue weighted by atomic mass is 19.1. The monoisotopic (exact) mass is 266 g/mol. The highest BCUT2D eigenvalue weighted by Gasteiger charge is 2.21. The van der Waals surface area contributed by atoms with Crippen LogP contribution in [0.5, 0.6) is 0 Å². The van der Waals surface area contributed by atoms with Gasteiger partial charge in [-0.2, -0.15) is 0 Å². The summed E-state index contributed by atoms with van der Waals surface area (Å²) >= 11 is 0. The van der Waals surface area contributed by atoms with Crippen molar-refractivity contribution in [1.82, 2.24) is 5.32 Å². The van der Waals surface area contributed by atoms with E-state index in [1.54, 1.807) is 12.1 Å². The standard InChI is InChI=1S/C15H23FN2O/c1-3-6-17-10-13-9-14(16)4-5-15(13)18-7-8-19-11-12(18)2/h4-5,9,12,17H,3,6-8,10-11H2,1-2H3. The van der Waals surface area contributed by atoms with E-state index in [0.717, 1.165) is 44.0 Å². The Morgan fingerprint density at radius 3 is 3.05 bits per heavy atom. The summed E-state index contributed by atoms with van der Waals surface area (Å²) in [7, 11) is 0. The molecule has 19 heavy (non-hydrogen) atoms. The molecular weight excluding hydrogens is 243 g/mol. The van der Waals surface area contributed by atoms with Crippen LogP contribution in [-0.4, -0.2) is 32.3 Å². The first kappa shape index (κ1) is 14.3. The quantitative estimate of drug-likeness (QED) is 0.829. The number of hydrogen-bond donors (Lipinski definition) is 1. The van der Waals surface area contributed by atoms with E-state index in [4.69, 9.17) is 4.74 Å². The van der Waals surface area contributed by atoms with Gasteiger partial charge >= 0.3 is 0 Å². The zero-order valence-corrected chi connectivity index (χ0v) is 11.8. The SMILES string of the molecule is CCCNCc1cc(F)ccc1N1CCOCC1C. The molecule has 0 aliphatic carbocycles. The molecule has 106 valence electrons. The van der Waals surface area contributed by atoms with Crippen LogP contribution in [-0.2, 0) is 11.3 Å². The van der Waals surface area contributed by atoms with Crippen LogP contribution in [0, 0.1) is 5.82 Å².